The van der Waals surface area contributed by atoms with Crippen molar-refractivity contribution in [3.8, 4) is 5.75 Å². The highest BCUT2D eigenvalue weighted by molar-refractivity contribution is 14.1. The number of benzene rings is 1. The van der Waals surface area contributed by atoms with Crippen molar-refractivity contribution in [2.45, 2.75) is 0 Å². The number of nitrogen functional groups attached to an aromatic ring is 2. The molecule has 0 aliphatic carbocycles. The zero-order valence-electron chi connectivity index (χ0n) is 5.13. The van der Waals surface area contributed by atoms with Gasteiger partial charge in [0, 0.05) is 6.07 Å². The number of phenolic OH excluding ortho intramolecular Hbond substituents is 1. The molecule has 0 aliphatic rings. The number of aromatic hydroxyl groups is 1. The average molecular weight is 250 g/mol. The second-order valence-electron chi connectivity index (χ2n) is 1.93. The molecule has 0 saturated heterocycles. The van der Waals surface area contributed by atoms with Crippen LogP contribution in [0.2, 0.25) is 0 Å². The van der Waals surface area contributed by atoms with Gasteiger partial charge in [0.25, 0.3) is 0 Å². The van der Waals surface area contributed by atoms with Crippen molar-refractivity contribution in [3.05, 3.63) is 15.7 Å². The van der Waals surface area contributed by atoms with Gasteiger partial charge in [0.2, 0.25) is 0 Å². The van der Waals surface area contributed by atoms with E-state index in [1.165, 1.54) is 6.07 Å². The van der Waals surface area contributed by atoms with Gasteiger partial charge in [-0.3, -0.25) is 0 Å². The highest BCUT2D eigenvalue weighted by Crippen LogP contribution is 2.26. The van der Waals surface area contributed by atoms with E-state index in [4.69, 9.17) is 16.6 Å². The molecule has 0 fully saturated rings. The first kappa shape index (κ1) is 7.46. The zero-order valence-corrected chi connectivity index (χ0v) is 7.29. The molecule has 0 amide bonds. The molecule has 10 heavy (non-hydrogen) atoms. The molecular formula is C6H7IN2O. The van der Waals surface area contributed by atoms with Gasteiger partial charge in [-0.05, 0) is 28.7 Å². The van der Waals surface area contributed by atoms with Gasteiger partial charge in [-0.1, -0.05) is 0 Å². The van der Waals surface area contributed by atoms with Crippen LogP contribution in [0.1, 0.15) is 0 Å². The fourth-order valence-corrected chi connectivity index (χ4v) is 1.08. The predicted molar refractivity (Wildman–Crippen MR) is 49.6 cm³/mol. The predicted octanol–water partition coefficient (Wildman–Crippen LogP) is 1.16. The van der Waals surface area contributed by atoms with Gasteiger partial charge in [-0.25, -0.2) is 0 Å². The smallest absolute Gasteiger partial charge is 0.131 e. The summed E-state index contributed by atoms with van der Waals surface area (Å²) in [7, 11) is 0. The van der Waals surface area contributed by atoms with Crippen LogP contribution in [0.3, 0.4) is 0 Å². The molecule has 0 atom stereocenters. The first-order chi connectivity index (χ1) is 4.61. The molecule has 5 N–H and O–H groups in total. The van der Waals surface area contributed by atoms with Gasteiger partial charge >= 0.3 is 0 Å². The maximum absolute atomic E-state index is 9.08. The number of nitrogens with two attached hydrogens (primary N) is 2. The minimum absolute atomic E-state index is 0.173. The molecular weight excluding hydrogens is 243 g/mol. The Hall–Kier alpha value is -0.650. The summed E-state index contributed by atoms with van der Waals surface area (Å²) in [5, 5.41) is 9.08. The lowest BCUT2D eigenvalue weighted by atomic mass is 10.2. The minimum atomic E-state index is 0.173. The summed E-state index contributed by atoms with van der Waals surface area (Å²) in [6.07, 6.45) is 0. The Morgan fingerprint density at radius 1 is 1.20 bits per heavy atom. The molecule has 0 bridgehead atoms. The van der Waals surface area contributed by atoms with E-state index in [1.807, 2.05) is 22.6 Å². The number of hydrogen-bond donors (Lipinski definition) is 3. The Labute approximate surface area is 72.2 Å². The minimum Gasteiger partial charge on any atom is -0.507 e. The van der Waals surface area contributed by atoms with Crippen molar-refractivity contribution in [2.24, 2.45) is 0 Å². The standard InChI is InChI=1S/C6H7IN2O/c7-3-1-4(8)5(9)2-6(3)10/h1-2,10H,8-9H2. The van der Waals surface area contributed by atoms with E-state index in [1.54, 1.807) is 6.07 Å². The largest absolute Gasteiger partial charge is 0.507 e. The van der Waals surface area contributed by atoms with Crippen molar-refractivity contribution in [1.29, 1.82) is 0 Å². The van der Waals surface area contributed by atoms with Gasteiger partial charge in [-0.15, -0.1) is 0 Å². The summed E-state index contributed by atoms with van der Waals surface area (Å²) < 4.78 is 0.712. The van der Waals surface area contributed by atoms with Crippen LogP contribution in [0.15, 0.2) is 12.1 Å². The van der Waals surface area contributed by atoms with E-state index in [-0.39, 0.29) is 5.75 Å². The molecule has 0 unspecified atom stereocenters. The summed E-state index contributed by atoms with van der Waals surface area (Å²) in [5.41, 5.74) is 11.8. The Morgan fingerprint density at radius 2 is 1.70 bits per heavy atom. The van der Waals surface area contributed by atoms with Crippen molar-refractivity contribution >= 4 is 34.0 Å². The van der Waals surface area contributed by atoms with Gasteiger partial charge in [0.15, 0.2) is 0 Å². The first-order valence-corrected chi connectivity index (χ1v) is 3.72. The topological polar surface area (TPSA) is 72.3 Å². The number of halogens is 1. The number of hydrogen-bond acceptors (Lipinski definition) is 3. The van der Waals surface area contributed by atoms with Crippen molar-refractivity contribution < 1.29 is 5.11 Å². The molecule has 0 spiro atoms. The van der Waals surface area contributed by atoms with Gasteiger partial charge < -0.3 is 16.6 Å². The summed E-state index contributed by atoms with van der Waals surface area (Å²) in [6, 6.07) is 3.07. The zero-order chi connectivity index (χ0) is 7.72. The van der Waals surface area contributed by atoms with Crippen LogP contribution in [0.4, 0.5) is 11.4 Å². The lowest BCUT2D eigenvalue weighted by Crippen LogP contribution is -1.94. The van der Waals surface area contributed by atoms with Crippen LogP contribution in [-0.4, -0.2) is 5.11 Å². The molecule has 0 saturated carbocycles. The van der Waals surface area contributed by atoms with Gasteiger partial charge in [-0.2, -0.15) is 0 Å². The number of anilines is 2. The fourth-order valence-electron chi connectivity index (χ4n) is 0.593. The molecule has 0 radical (unpaired) electrons. The monoisotopic (exact) mass is 250 g/mol. The van der Waals surface area contributed by atoms with Crippen molar-refractivity contribution in [3.63, 3.8) is 0 Å². The molecule has 0 aromatic heterocycles. The molecule has 1 aromatic rings. The Bertz CT molecular complexity index is 212. The van der Waals surface area contributed by atoms with Crippen LogP contribution < -0.4 is 11.5 Å². The third-order valence-electron chi connectivity index (χ3n) is 1.15. The van der Waals surface area contributed by atoms with E-state index in [2.05, 4.69) is 0 Å². The molecule has 1 aromatic carbocycles. The molecule has 0 heterocycles. The molecule has 1 rings (SSSR count). The second kappa shape index (κ2) is 2.53. The van der Waals surface area contributed by atoms with Gasteiger partial charge in [0.05, 0.1) is 14.9 Å². The van der Waals surface area contributed by atoms with Crippen LogP contribution in [0.5, 0.6) is 5.75 Å². The molecule has 3 nitrogen and oxygen atoms in total. The summed E-state index contributed by atoms with van der Waals surface area (Å²) in [6.45, 7) is 0. The van der Waals surface area contributed by atoms with E-state index < -0.39 is 0 Å². The maximum Gasteiger partial charge on any atom is 0.131 e. The number of phenols is 1. The first-order valence-electron chi connectivity index (χ1n) is 2.64. The maximum atomic E-state index is 9.08. The third kappa shape index (κ3) is 1.26. The Balaban J connectivity index is 3.28. The highest BCUT2D eigenvalue weighted by atomic mass is 127. The van der Waals surface area contributed by atoms with E-state index >= 15 is 0 Å². The number of rotatable bonds is 0. The molecule has 4 heteroatoms. The summed E-state index contributed by atoms with van der Waals surface area (Å²) in [4.78, 5) is 0. The van der Waals surface area contributed by atoms with Crippen LogP contribution in [-0.2, 0) is 0 Å². The summed E-state index contributed by atoms with van der Waals surface area (Å²) in [5.74, 6) is 0.173. The average Bonchev–Trinajstić information content (AvgIpc) is 1.84. The third-order valence-corrected chi connectivity index (χ3v) is 2.02. The Morgan fingerprint density at radius 3 is 2.20 bits per heavy atom. The van der Waals surface area contributed by atoms with Crippen molar-refractivity contribution in [1.82, 2.24) is 0 Å². The van der Waals surface area contributed by atoms with E-state index in [9.17, 15) is 0 Å². The molecule has 0 aliphatic heterocycles. The van der Waals surface area contributed by atoms with Gasteiger partial charge in [0.1, 0.15) is 5.75 Å². The SMILES string of the molecule is Nc1cc(O)c(I)cc1N. The van der Waals surface area contributed by atoms with Crippen LogP contribution >= 0.6 is 22.6 Å². The lowest BCUT2D eigenvalue weighted by molar-refractivity contribution is 0.472. The Kier molecular flexibility index (Phi) is 1.89. The van der Waals surface area contributed by atoms with Crippen LogP contribution in [0.25, 0.3) is 0 Å². The molecule has 54 valence electrons. The fraction of sp³-hybridized carbons (Fsp3) is 0. The van der Waals surface area contributed by atoms with Crippen molar-refractivity contribution in [2.75, 3.05) is 11.5 Å². The second-order valence-corrected chi connectivity index (χ2v) is 3.09. The highest BCUT2D eigenvalue weighted by Gasteiger charge is 2.00. The van der Waals surface area contributed by atoms with E-state index in [0.29, 0.717) is 14.9 Å². The van der Waals surface area contributed by atoms with Crippen LogP contribution in [0, 0.1) is 3.57 Å². The quantitative estimate of drug-likeness (QED) is 0.367. The summed E-state index contributed by atoms with van der Waals surface area (Å²) >= 11 is 1.98. The lowest BCUT2D eigenvalue weighted by Gasteiger charge is -2.01. The van der Waals surface area contributed by atoms with E-state index in [0.717, 1.165) is 0 Å². The normalized spacial score (nSPS) is 9.70.